The average molecular weight is 383 g/mol. The molecular weight excluding hydrogens is 364 g/mol. The average Bonchev–Trinajstić information content (AvgIpc) is 2.47. The van der Waals surface area contributed by atoms with Crippen LogP contribution in [-0.4, -0.2) is 58.2 Å². The number of hydrogen-bond donors (Lipinski definition) is 2. The first-order valence-electron chi connectivity index (χ1n) is 6.07. The molecule has 0 aliphatic rings. The van der Waals surface area contributed by atoms with Crippen molar-refractivity contribution in [3.8, 4) is 0 Å². The summed E-state index contributed by atoms with van der Waals surface area (Å²) < 4.78 is 37.2. The van der Waals surface area contributed by atoms with E-state index in [1.54, 1.807) is 0 Å². The minimum absolute atomic E-state index is 0.00780. The summed E-state index contributed by atoms with van der Waals surface area (Å²) in [4.78, 5) is 3.95. The minimum Gasteiger partial charge on any atom is -0.383 e. The molecule has 0 saturated heterocycles. The lowest BCUT2D eigenvalue weighted by molar-refractivity contribution is 0.150. The Morgan fingerprint density at radius 1 is 1.33 bits per heavy atom. The predicted octanol–water partition coefficient (Wildman–Crippen LogP) is 0.413. The highest BCUT2D eigenvalue weighted by atomic mass is 79.9. The number of nitrogens with two attached hydrogens (primary N) is 1. The number of methoxy groups -OCH3 is 2. The van der Waals surface area contributed by atoms with Gasteiger partial charge in [-0.2, -0.15) is 4.31 Å². The molecule has 0 saturated carbocycles. The number of nitrogens with zero attached hydrogens (tertiary/aromatic N) is 2. The first-order chi connectivity index (χ1) is 9.97. The summed E-state index contributed by atoms with van der Waals surface area (Å²) in [6.45, 7) is 0.961. The SMILES string of the molecule is COCCN(CCOC)S(=O)(=O)c1cc(Br)cnc1NN. The Kier molecular flexibility index (Phi) is 7.49. The Labute approximate surface area is 132 Å². The first kappa shape index (κ1) is 18.3. The van der Waals surface area contributed by atoms with Gasteiger partial charge in [0.1, 0.15) is 4.90 Å². The Bertz CT molecular complexity index is 547. The number of nitrogens with one attached hydrogen (secondary N) is 1. The highest BCUT2D eigenvalue weighted by Gasteiger charge is 2.27. The van der Waals surface area contributed by atoms with Gasteiger partial charge in [-0.15, -0.1) is 0 Å². The van der Waals surface area contributed by atoms with Crippen LogP contribution in [0.1, 0.15) is 0 Å². The third-order valence-electron chi connectivity index (χ3n) is 2.66. The fraction of sp³-hybridized carbons (Fsp3) is 0.545. The second-order valence-electron chi connectivity index (χ2n) is 4.03. The summed E-state index contributed by atoms with van der Waals surface area (Å²) in [6.07, 6.45) is 1.46. The molecule has 120 valence electrons. The zero-order valence-electron chi connectivity index (χ0n) is 11.9. The van der Waals surface area contributed by atoms with Crippen molar-refractivity contribution in [2.75, 3.05) is 45.9 Å². The molecule has 0 fully saturated rings. The summed E-state index contributed by atoms with van der Waals surface area (Å²) in [5.74, 6) is 5.42. The van der Waals surface area contributed by atoms with Crippen molar-refractivity contribution in [1.82, 2.24) is 9.29 Å². The second kappa shape index (κ2) is 8.61. The van der Waals surface area contributed by atoms with Crippen molar-refractivity contribution < 1.29 is 17.9 Å². The fourth-order valence-corrected chi connectivity index (χ4v) is 3.63. The van der Waals surface area contributed by atoms with Gasteiger partial charge in [0.2, 0.25) is 10.0 Å². The zero-order chi connectivity index (χ0) is 15.9. The molecule has 0 bridgehead atoms. The van der Waals surface area contributed by atoms with E-state index in [1.165, 1.54) is 30.8 Å². The van der Waals surface area contributed by atoms with Gasteiger partial charge in [-0.1, -0.05) is 0 Å². The van der Waals surface area contributed by atoms with E-state index < -0.39 is 10.0 Å². The van der Waals surface area contributed by atoms with Crippen LogP contribution in [-0.2, 0) is 19.5 Å². The lowest BCUT2D eigenvalue weighted by Gasteiger charge is -2.22. The van der Waals surface area contributed by atoms with E-state index in [2.05, 4.69) is 26.3 Å². The molecule has 0 spiro atoms. The van der Waals surface area contributed by atoms with Crippen molar-refractivity contribution in [3.63, 3.8) is 0 Å². The molecule has 3 N–H and O–H groups in total. The van der Waals surface area contributed by atoms with Gasteiger partial charge in [-0.25, -0.2) is 19.2 Å². The summed E-state index contributed by atoms with van der Waals surface area (Å²) in [5, 5.41) is 0. The van der Waals surface area contributed by atoms with E-state index in [0.29, 0.717) is 4.47 Å². The maximum atomic E-state index is 12.7. The summed E-state index contributed by atoms with van der Waals surface area (Å²) >= 11 is 3.21. The molecule has 1 aromatic heterocycles. The van der Waals surface area contributed by atoms with Gasteiger partial charge in [0, 0.05) is 38.0 Å². The lowest BCUT2D eigenvalue weighted by atomic mass is 10.5. The summed E-state index contributed by atoms with van der Waals surface area (Å²) in [6, 6.07) is 1.45. The molecule has 1 aromatic rings. The first-order valence-corrected chi connectivity index (χ1v) is 8.30. The van der Waals surface area contributed by atoms with Crippen LogP contribution in [0.15, 0.2) is 21.6 Å². The monoisotopic (exact) mass is 382 g/mol. The number of ether oxygens (including phenoxy) is 2. The van der Waals surface area contributed by atoms with Crippen LogP contribution < -0.4 is 11.3 Å². The molecular formula is C11H19BrN4O4S. The van der Waals surface area contributed by atoms with Crippen molar-refractivity contribution in [3.05, 3.63) is 16.7 Å². The summed E-state index contributed by atoms with van der Waals surface area (Å²) in [5.41, 5.74) is 2.30. The van der Waals surface area contributed by atoms with Gasteiger partial charge in [-0.05, 0) is 22.0 Å². The number of sulfonamides is 1. The number of aromatic nitrogens is 1. The largest absolute Gasteiger partial charge is 0.383 e. The second-order valence-corrected chi connectivity index (χ2v) is 6.86. The molecule has 0 atom stereocenters. The number of nitrogen functional groups attached to an aromatic ring is 1. The van der Waals surface area contributed by atoms with E-state index >= 15 is 0 Å². The predicted molar refractivity (Wildman–Crippen MR) is 82.3 cm³/mol. The van der Waals surface area contributed by atoms with E-state index in [4.69, 9.17) is 15.3 Å². The topological polar surface area (TPSA) is 107 Å². The van der Waals surface area contributed by atoms with Crippen molar-refractivity contribution in [1.29, 1.82) is 0 Å². The van der Waals surface area contributed by atoms with Gasteiger partial charge in [0.05, 0.1) is 13.2 Å². The molecule has 8 nitrogen and oxygen atoms in total. The van der Waals surface area contributed by atoms with Gasteiger partial charge < -0.3 is 14.9 Å². The van der Waals surface area contributed by atoms with E-state index in [0.717, 1.165) is 0 Å². The third-order valence-corrected chi connectivity index (χ3v) is 5.01. The third kappa shape index (κ3) is 4.87. The van der Waals surface area contributed by atoms with Crippen LogP contribution in [0.4, 0.5) is 5.82 Å². The van der Waals surface area contributed by atoms with Crippen LogP contribution in [0.5, 0.6) is 0 Å². The number of pyridine rings is 1. The standard InChI is InChI=1S/C11H19BrN4O4S/c1-19-5-3-16(4-6-20-2)21(17,18)10-7-9(12)8-14-11(10)15-13/h7-8H,3-6,13H2,1-2H3,(H,14,15). The van der Waals surface area contributed by atoms with Crippen LogP contribution in [0.3, 0.4) is 0 Å². The maximum Gasteiger partial charge on any atom is 0.246 e. The number of hydrazine groups is 1. The van der Waals surface area contributed by atoms with Crippen molar-refractivity contribution in [2.24, 2.45) is 5.84 Å². The molecule has 0 aliphatic carbocycles. The molecule has 0 aromatic carbocycles. The Morgan fingerprint density at radius 3 is 2.38 bits per heavy atom. The molecule has 0 aliphatic heterocycles. The highest BCUT2D eigenvalue weighted by molar-refractivity contribution is 9.10. The molecule has 1 rings (SSSR count). The Morgan fingerprint density at radius 2 is 1.90 bits per heavy atom. The van der Waals surface area contributed by atoms with Gasteiger partial charge in [-0.3, -0.25) is 0 Å². The molecule has 0 unspecified atom stereocenters. The normalized spacial score (nSPS) is 11.9. The van der Waals surface area contributed by atoms with Gasteiger partial charge in [0.15, 0.2) is 5.82 Å². The molecule has 21 heavy (non-hydrogen) atoms. The molecule has 1 heterocycles. The lowest BCUT2D eigenvalue weighted by Crippen LogP contribution is -2.37. The Balaban J connectivity index is 3.17. The number of rotatable bonds is 9. The van der Waals surface area contributed by atoms with Crippen LogP contribution >= 0.6 is 15.9 Å². The quantitative estimate of drug-likeness (QED) is 0.470. The van der Waals surface area contributed by atoms with Crippen LogP contribution in [0, 0.1) is 0 Å². The smallest absolute Gasteiger partial charge is 0.246 e. The van der Waals surface area contributed by atoms with E-state index in [-0.39, 0.29) is 37.0 Å². The highest BCUT2D eigenvalue weighted by Crippen LogP contribution is 2.25. The fourth-order valence-electron chi connectivity index (χ4n) is 1.60. The van der Waals surface area contributed by atoms with Crippen molar-refractivity contribution >= 4 is 31.8 Å². The van der Waals surface area contributed by atoms with E-state index in [1.807, 2.05) is 0 Å². The number of halogens is 1. The molecule has 0 amide bonds. The molecule has 10 heteroatoms. The number of hydrogen-bond acceptors (Lipinski definition) is 7. The van der Waals surface area contributed by atoms with E-state index in [9.17, 15) is 8.42 Å². The summed E-state index contributed by atoms with van der Waals surface area (Å²) in [7, 11) is -0.755. The van der Waals surface area contributed by atoms with Gasteiger partial charge >= 0.3 is 0 Å². The van der Waals surface area contributed by atoms with Gasteiger partial charge in [0.25, 0.3) is 0 Å². The van der Waals surface area contributed by atoms with Crippen LogP contribution in [0.25, 0.3) is 0 Å². The maximum absolute atomic E-state index is 12.7. The molecule has 0 radical (unpaired) electrons. The zero-order valence-corrected chi connectivity index (χ0v) is 14.3. The van der Waals surface area contributed by atoms with Crippen LogP contribution in [0.2, 0.25) is 0 Å². The minimum atomic E-state index is -3.77. The van der Waals surface area contributed by atoms with Crippen molar-refractivity contribution in [2.45, 2.75) is 4.90 Å². The number of anilines is 1. The Hall–Kier alpha value is -0.780.